The molecule has 1 unspecified atom stereocenters. The van der Waals surface area contributed by atoms with Crippen LogP contribution in [0.2, 0.25) is 5.02 Å². The molecule has 0 spiro atoms. The molecule has 4 aromatic rings. The highest BCUT2D eigenvalue weighted by molar-refractivity contribution is 6.31. The molecule has 8 heteroatoms. The first-order valence-corrected chi connectivity index (χ1v) is 11.8. The van der Waals surface area contributed by atoms with E-state index in [0.717, 1.165) is 28.4 Å². The van der Waals surface area contributed by atoms with Crippen LogP contribution in [0.3, 0.4) is 0 Å². The number of methoxy groups -OCH3 is 2. The molecule has 0 saturated carbocycles. The van der Waals surface area contributed by atoms with Crippen LogP contribution in [0.1, 0.15) is 18.2 Å². The smallest absolute Gasteiger partial charge is 0.227 e. The van der Waals surface area contributed by atoms with Crippen LogP contribution in [0.15, 0.2) is 66.7 Å². The minimum Gasteiger partial charge on any atom is -0.497 e. The maximum Gasteiger partial charge on any atom is 0.227 e. The van der Waals surface area contributed by atoms with Gasteiger partial charge in [-0.1, -0.05) is 29.8 Å². The molecule has 1 saturated heterocycles. The Morgan fingerprint density at radius 2 is 1.83 bits per heavy atom. The second-order valence-electron chi connectivity index (χ2n) is 8.36. The first-order valence-electron chi connectivity index (χ1n) is 11.4. The number of carbonyl (C=O) groups excluding carboxylic acids is 1. The van der Waals surface area contributed by atoms with Gasteiger partial charge in [-0.25, -0.2) is 4.98 Å². The topological polar surface area (TPSA) is 65.8 Å². The van der Waals surface area contributed by atoms with Crippen LogP contribution in [0.4, 0.5) is 5.69 Å². The summed E-state index contributed by atoms with van der Waals surface area (Å²) in [4.78, 5) is 19.7. The number of nitrogens with zero attached hydrogens (tertiary/aromatic N) is 3. The lowest BCUT2D eigenvalue weighted by atomic mass is 10.1. The maximum atomic E-state index is 13.1. The van der Waals surface area contributed by atoms with Crippen molar-refractivity contribution in [2.24, 2.45) is 0 Å². The van der Waals surface area contributed by atoms with Gasteiger partial charge in [0.1, 0.15) is 29.7 Å². The third kappa shape index (κ3) is 4.64. The van der Waals surface area contributed by atoms with Crippen molar-refractivity contribution in [1.82, 2.24) is 9.55 Å². The number of aromatic nitrogens is 2. The zero-order chi connectivity index (χ0) is 24.4. The van der Waals surface area contributed by atoms with Crippen molar-refractivity contribution in [2.45, 2.75) is 18.9 Å². The molecular formula is C27H26ClN3O4. The van der Waals surface area contributed by atoms with Crippen molar-refractivity contribution >= 4 is 34.2 Å². The number of para-hydroxylation sites is 2. The van der Waals surface area contributed by atoms with Gasteiger partial charge >= 0.3 is 0 Å². The zero-order valence-corrected chi connectivity index (χ0v) is 20.4. The number of hydrogen-bond acceptors (Lipinski definition) is 5. The van der Waals surface area contributed by atoms with E-state index in [0.29, 0.717) is 42.6 Å². The van der Waals surface area contributed by atoms with Crippen LogP contribution in [0.25, 0.3) is 11.0 Å². The number of ether oxygens (including phenoxy) is 3. The standard InChI is InChI=1S/C27H26ClN3O4/c1-33-20-6-5-7-21(16-20)35-13-12-30-23-9-4-3-8-22(23)29-27(30)18-14-26(32)31(17-18)24-15-19(28)10-11-25(24)34-2/h3-11,15-16,18H,12-14,17H2,1-2H3. The number of benzene rings is 3. The number of anilines is 1. The van der Waals surface area contributed by atoms with Crippen molar-refractivity contribution in [3.05, 3.63) is 77.6 Å². The molecule has 0 bridgehead atoms. The Hall–Kier alpha value is -3.71. The summed E-state index contributed by atoms with van der Waals surface area (Å²) in [5.41, 5.74) is 2.59. The van der Waals surface area contributed by atoms with E-state index in [1.165, 1.54) is 0 Å². The van der Waals surface area contributed by atoms with Gasteiger partial charge in [-0.3, -0.25) is 4.79 Å². The van der Waals surface area contributed by atoms with Crippen LogP contribution in [-0.4, -0.2) is 42.8 Å². The molecule has 7 nitrogen and oxygen atoms in total. The van der Waals surface area contributed by atoms with Crippen LogP contribution in [0, 0.1) is 0 Å². The van der Waals surface area contributed by atoms with Crippen LogP contribution >= 0.6 is 11.6 Å². The van der Waals surface area contributed by atoms with E-state index in [4.69, 9.17) is 30.8 Å². The first kappa shape index (κ1) is 23.1. The number of fused-ring (bicyclic) bond motifs is 1. The van der Waals surface area contributed by atoms with E-state index in [1.807, 2.05) is 48.5 Å². The molecule has 0 radical (unpaired) electrons. The highest BCUT2D eigenvalue weighted by Crippen LogP contribution is 2.38. The number of hydrogen-bond donors (Lipinski definition) is 0. The maximum absolute atomic E-state index is 13.1. The fraction of sp³-hybridized carbons (Fsp3) is 0.259. The summed E-state index contributed by atoms with van der Waals surface area (Å²) in [6.45, 7) is 1.54. The molecular weight excluding hydrogens is 466 g/mol. The molecule has 180 valence electrons. The van der Waals surface area contributed by atoms with Crippen molar-refractivity contribution in [3.63, 3.8) is 0 Å². The molecule has 1 aliphatic rings. The Morgan fingerprint density at radius 3 is 2.66 bits per heavy atom. The third-order valence-corrected chi connectivity index (χ3v) is 6.47. The summed E-state index contributed by atoms with van der Waals surface area (Å²) in [6.07, 6.45) is 0.357. The second-order valence-corrected chi connectivity index (χ2v) is 8.80. The quantitative estimate of drug-likeness (QED) is 0.334. The number of amides is 1. The largest absolute Gasteiger partial charge is 0.497 e. The lowest BCUT2D eigenvalue weighted by Gasteiger charge is -2.20. The minimum absolute atomic E-state index is 0.0156. The van der Waals surface area contributed by atoms with Crippen molar-refractivity contribution < 1.29 is 19.0 Å². The fourth-order valence-corrected chi connectivity index (χ4v) is 4.74. The Labute approximate surface area is 208 Å². The van der Waals surface area contributed by atoms with Crippen LogP contribution in [-0.2, 0) is 11.3 Å². The monoisotopic (exact) mass is 491 g/mol. The van der Waals surface area contributed by atoms with E-state index >= 15 is 0 Å². The Balaban J connectivity index is 1.41. The average molecular weight is 492 g/mol. The second kappa shape index (κ2) is 9.88. The summed E-state index contributed by atoms with van der Waals surface area (Å²) < 4.78 is 18.9. The van der Waals surface area contributed by atoms with E-state index in [2.05, 4.69) is 4.57 Å². The van der Waals surface area contributed by atoms with E-state index < -0.39 is 0 Å². The van der Waals surface area contributed by atoms with E-state index in [-0.39, 0.29) is 11.8 Å². The molecule has 1 fully saturated rings. The minimum atomic E-state index is -0.0737. The van der Waals surface area contributed by atoms with Gasteiger partial charge < -0.3 is 23.7 Å². The van der Waals surface area contributed by atoms with E-state index in [9.17, 15) is 4.79 Å². The van der Waals surface area contributed by atoms with Crippen molar-refractivity contribution in [1.29, 1.82) is 0 Å². The van der Waals surface area contributed by atoms with Gasteiger partial charge in [0.05, 0.1) is 37.5 Å². The summed E-state index contributed by atoms with van der Waals surface area (Å²) in [5, 5.41) is 0.555. The normalized spacial score (nSPS) is 15.6. The predicted octanol–water partition coefficient (Wildman–Crippen LogP) is 5.31. The Morgan fingerprint density at radius 1 is 1.00 bits per heavy atom. The highest BCUT2D eigenvalue weighted by atomic mass is 35.5. The molecule has 0 N–H and O–H groups in total. The molecule has 2 heterocycles. The number of imidazole rings is 1. The molecule has 35 heavy (non-hydrogen) atoms. The molecule has 3 aromatic carbocycles. The van der Waals surface area contributed by atoms with Gasteiger partial charge in [-0.05, 0) is 42.5 Å². The van der Waals surface area contributed by atoms with Gasteiger partial charge in [-0.2, -0.15) is 0 Å². The Bertz CT molecular complexity index is 1370. The molecule has 1 aliphatic heterocycles. The molecule has 0 aliphatic carbocycles. The summed E-state index contributed by atoms with van der Waals surface area (Å²) in [5.74, 6) is 2.92. The van der Waals surface area contributed by atoms with Gasteiger partial charge in [0.15, 0.2) is 0 Å². The SMILES string of the molecule is COc1cccc(OCCn2c(C3CC(=O)N(c4cc(Cl)ccc4OC)C3)nc3ccccc32)c1. The average Bonchev–Trinajstić information content (AvgIpc) is 3.44. The Kier molecular flexibility index (Phi) is 6.51. The lowest BCUT2D eigenvalue weighted by molar-refractivity contribution is -0.117. The van der Waals surface area contributed by atoms with Crippen LogP contribution < -0.4 is 19.1 Å². The summed E-state index contributed by atoms with van der Waals surface area (Å²) in [7, 11) is 3.22. The lowest BCUT2D eigenvalue weighted by Crippen LogP contribution is -2.25. The molecule has 1 aromatic heterocycles. The van der Waals surface area contributed by atoms with Gasteiger partial charge in [0, 0.05) is 30.0 Å². The first-order chi connectivity index (χ1) is 17.1. The van der Waals surface area contributed by atoms with Crippen molar-refractivity contribution in [2.75, 3.05) is 32.3 Å². The highest BCUT2D eigenvalue weighted by Gasteiger charge is 2.36. The van der Waals surface area contributed by atoms with Crippen molar-refractivity contribution in [3.8, 4) is 17.2 Å². The number of rotatable bonds is 8. The number of carbonyl (C=O) groups is 1. The van der Waals surface area contributed by atoms with Gasteiger partial charge in [0.2, 0.25) is 5.91 Å². The molecule has 1 amide bonds. The third-order valence-electron chi connectivity index (χ3n) is 6.23. The van der Waals surface area contributed by atoms with E-state index in [1.54, 1.807) is 37.3 Å². The summed E-state index contributed by atoms with van der Waals surface area (Å²) in [6, 6.07) is 20.9. The fourth-order valence-electron chi connectivity index (χ4n) is 4.57. The number of halogens is 1. The molecule has 1 atom stereocenters. The summed E-state index contributed by atoms with van der Waals surface area (Å²) >= 11 is 6.23. The molecule has 5 rings (SSSR count). The van der Waals surface area contributed by atoms with Crippen LogP contribution in [0.5, 0.6) is 17.2 Å². The predicted molar refractivity (Wildman–Crippen MR) is 136 cm³/mol. The van der Waals surface area contributed by atoms with Gasteiger partial charge in [0.25, 0.3) is 0 Å². The van der Waals surface area contributed by atoms with Gasteiger partial charge in [-0.15, -0.1) is 0 Å². The zero-order valence-electron chi connectivity index (χ0n) is 19.6.